The normalized spacial score (nSPS) is 22.6. The lowest BCUT2D eigenvalue weighted by Crippen LogP contribution is -2.16. The first-order valence-electron chi connectivity index (χ1n) is 9.74. The maximum atomic E-state index is 5.87. The summed E-state index contributed by atoms with van der Waals surface area (Å²) in [5, 5.41) is 0. The van der Waals surface area contributed by atoms with Crippen LogP contribution in [0.4, 0.5) is 0 Å². The minimum absolute atomic E-state index is 0.194. The van der Waals surface area contributed by atoms with Gasteiger partial charge < -0.3 is 9.47 Å². The molecule has 1 unspecified atom stereocenters. The summed E-state index contributed by atoms with van der Waals surface area (Å²) < 4.78 is 11.7. The largest absolute Gasteiger partial charge is 0.479 e. The van der Waals surface area contributed by atoms with Gasteiger partial charge >= 0.3 is 0 Å². The van der Waals surface area contributed by atoms with E-state index in [4.69, 9.17) is 19.5 Å². The quantitative estimate of drug-likeness (QED) is 0.744. The SMILES string of the molecule is CC(CC1=N[C@H](Cc2ccccc2)CO1)C1=N[C@H](Cc2ccccc2)CO1. The lowest BCUT2D eigenvalue weighted by Gasteiger charge is -2.10. The zero-order valence-corrected chi connectivity index (χ0v) is 15.8. The molecule has 0 spiro atoms. The summed E-state index contributed by atoms with van der Waals surface area (Å²) in [7, 11) is 0. The van der Waals surface area contributed by atoms with Crippen molar-refractivity contribution < 1.29 is 9.47 Å². The van der Waals surface area contributed by atoms with Gasteiger partial charge in [-0.15, -0.1) is 0 Å². The van der Waals surface area contributed by atoms with E-state index < -0.39 is 0 Å². The summed E-state index contributed by atoms with van der Waals surface area (Å²) in [5.74, 6) is 1.87. The van der Waals surface area contributed by atoms with E-state index in [9.17, 15) is 0 Å². The van der Waals surface area contributed by atoms with E-state index in [1.807, 2.05) is 12.1 Å². The van der Waals surface area contributed by atoms with Crippen molar-refractivity contribution in [3.8, 4) is 0 Å². The van der Waals surface area contributed by atoms with Gasteiger partial charge in [0.1, 0.15) is 13.2 Å². The van der Waals surface area contributed by atoms with Crippen LogP contribution in [-0.4, -0.2) is 37.1 Å². The molecule has 0 saturated carbocycles. The molecule has 0 aliphatic carbocycles. The van der Waals surface area contributed by atoms with E-state index in [0.29, 0.717) is 13.2 Å². The highest BCUT2D eigenvalue weighted by molar-refractivity contribution is 5.87. The smallest absolute Gasteiger partial charge is 0.187 e. The van der Waals surface area contributed by atoms with E-state index >= 15 is 0 Å². The Morgan fingerprint density at radius 2 is 1.37 bits per heavy atom. The minimum Gasteiger partial charge on any atom is -0.479 e. The molecule has 0 amide bonds. The van der Waals surface area contributed by atoms with Crippen molar-refractivity contribution in [1.29, 1.82) is 0 Å². The maximum Gasteiger partial charge on any atom is 0.187 e. The van der Waals surface area contributed by atoms with Gasteiger partial charge in [-0.1, -0.05) is 67.6 Å². The van der Waals surface area contributed by atoms with Gasteiger partial charge in [0.15, 0.2) is 11.8 Å². The molecular formula is C23H26N2O2. The number of nitrogens with zero attached hydrogens (tertiary/aromatic N) is 2. The number of benzene rings is 2. The molecule has 4 nitrogen and oxygen atoms in total. The lowest BCUT2D eigenvalue weighted by molar-refractivity contribution is 0.289. The second-order valence-electron chi connectivity index (χ2n) is 7.40. The molecule has 0 bridgehead atoms. The van der Waals surface area contributed by atoms with Crippen LogP contribution in [0.2, 0.25) is 0 Å². The highest BCUT2D eigenvalue weighted by atomic mass is 16.5. The highest BCUT2D eigenvalue weighted by Crippen LogP contribution is 2.21. The van der Waals surface area contributed by atoms with Crippen molar-refractivity contribution in [3.63, 3.8) is 0 Å². The number of rotatable bonds is 7. The zero-order valence-electron chi connectivity index (χ0n) is 15.8. The summed E-state index contributed by atoms with van der Waals surface area (Å²) >= 11 is 0. The number of aliphatic imine (C=N–C) groups is 2. The second-order valence-corrected chi connectivity index (χ2v) is 7.40. The van der Waals surface area contributed by atoms with E-state index in [-0.39, 0.29) is 18.0 Å². The summed E-state index contributed by atoms with van der Waals surface area (Å²) in [6.07, 6.45) is 2.60. The molecule has 0 radical (unpaired) electrons. The molecule has 0 saturated heterocycles. The van der Waals surface area contributed by atoms with Crippen LogP contribution in [0.1, 0.15) is 24.5 Å². The van der Waals surface area contributed by atoms with Crippen molar-refractivity contribution in [2.24, 2.45) is 15.9 Å². The third kappa shape index (κ3) is 4.76. The Labute approximate surface area is 161 Å². The third-order valence-corrected chi connectivity index (χ3v) is 5.03. The average Bonchev–Trinajstić information content (AvgIpc) is 3.33. The van der Waals surface area contributed by atoms with Crippen LogP contribution in [-0.2, 0) is 22.3 Å². The van der Waals surface area contributed by atoms with Crippen LogP contribution in [0, 0.1) is 5.92 Å². The molecule has 4 rings (SSSR count). The summed E-state index contributed by atoms with van der Waals surface area (Å²) in [6.45, 7) is 3.47. The molecule has 2 aromatic rings. The number of ether oxygens (including phenoxy) is 2. The molecule has 27 heavy (non-hydrogen) atoms. The van der Waals surface area contributed by atoms with E-state index in [1.165, 1.54) is 11.1 Å². The van der Waals surface area contributed by atoms with E-state index in [0.717, 1.165) is 31.1 Å². The fourth-order valence-electron chi connectivity index (χ4n) is 3.62. The van der Waals surface area contributed by atoms with E-state index in [1.54, 1.807) is 0 Å². The summed E-state index contributed by atoms with van der Waals surface area (Å²) in [5.41, 5.74) is 2.60. The van der Waals surface area contributed by atoms with E-state index in [2.05, 4.69) is 55.5 Å². The molecule has 0 N–H and O–H groups in total. The van der Waals surface area contributed by atoms with Crippen LogP contribution in [0.15, 0.2) is 70.6 Å². The minimum atomic E-state index is 0.194. The van der Waals surface area contributed by atoms with Crippen LogP contribution in [0.3, 0.4) is 0 Å². The predicted octanol–water partition coefficient (Wildman–Crippen LogP) is 4.09. The fourth-order valence-corrected chi connectivity index (χ4v) is 3.62. The molecule has 0 aromatic heterocycles. The van der Waals surface area contributed by atoms with Gasteiger partial charge in [0, 0.05) is 12.3 Å². The Morgan fingerprint density at radius 1 is 0.815 bits per heavy atom. The molecule has 3 atom stereocenters. The van der Waals surface area contributed by atoms with Gasteiger partial charge in [-0.2, -0.15) is 0 Å². The van der Waals surface area contributed by atoms with Gasteiger partial charge in [-0.25, -0.2) is 9.98 Å². The first kappa shape index (κ1) is 17.8. The van der Waals surface area contributed by atoms with Crippen molar-refractivity contribution >= 4 is 11.8 Å². The fraction of sp³-hybridized carbons (Fsp3) is 0.391. The first-order valence-corrected chi connectivity index (χ1v) is 9.74. The van der Waals surface area contributed by atoms with Crippen LogP contribution < -0.4 is 0 Å². The van der Waals surface area contributed by atoms with Crippen molar-refractivity contribution in [2.75, 3.05) is 13.2 Å². The second kappa shape index (κ2) is 8.38. The van der Waals surface area contributed by atoms with Crippen molar-refractivity contribution in [3.05, 3.63) is 71.8 Å². The standard InChI is InChI=1S/C23H26N2O2/c1-17(23-25-21(16-27-23)14-19-10-6-3-7-11-19)12-22-24-20(15-26-22)13-18-8-4-2-5-9-18/h2-11,17,20-21H,12-16H2,1H3/t17?,20-,21-/m1/s1. The molecule has 2 heterocycles. The van der Waals surface area contributed by atoms with Gasteiger partial charge in [0.05, 0.1) is 12.1 Å². The predicted molar refractivity (Wildman–Crippen MR) is 108 cm³/mol. The molecule has 0 fully saturated rings. The highest BCUT2D eigenvalue weighted by Gasteiger charge is 2.27. The van der Waals surface area contributed by atoms with Gasteiger partial charge in [0.2, 0.25) is 0 Å². The van der Waals surface area contributed by atoms with Crippen LogP contribution in [0.5, 0.6) is 0 Å². The monoisotopic (exact) mass is 362 g/mol. The molecule has 2 aromatic carbocycles. The van der Waals surface area contributed by atoms with Crippen molar-refractivity contribution in [1.82, 2.24) is 0 Å². The Balaban J connectivity index is 1.30. The Hall–Kier alpha value is -2.62. The number of hydrogen-bond acceptors (Lipinski definition) is 4. The number of hydrogen-bond donors (Lipinski definition) is 0. The first-order chi connectivity index (χ1) is 13.3. The maximum absolute atomic E-state index is 5.87. The Bertz CT molecular complexity index is 802. The van der Waals surface area contributed by atoms with Crippen molar-refractivity contribution in [2.45, 2.75) is 38.3 Å². The molecular weight excluding hydrogens is 336 g/mol. The van der Waals surface area contributed by atoms with Gasteiger partial charge in [-0.3, -0.25) is 0 Å². The molecule has 2 aliphatic heterocycles. The van der Waals surface area contributed by atoms with Gasteiger partial charge in [-0.05, 0) is 24.0 Å². The van der Waals surface area contributed by atoms with Gasteiger partial charge in [0.25, 0.3) is 0 Å². The zero-order chi connectivity index (χ0) is 18.5. The average molecular weight is 362 g/mol. The lowest BCUT2D eigenvalue weighted by atomic mass is 10.1. The van der Waals surface area contributed by atoms with Crippen LogP contribution in [0.25, 0.3) is 0 Å². The Kier molecular flexibility index (Phi) is 5.52. The molecule has 4 heteroatoms. The molecule has 2 aliphatic rings. The Morgan fingerprint density at radius 3 is 2.00 bits per heavy atom. The van der Waals surface area contributed by atoms with Crippen LogP contribution >= 0.6 is 0 Å². The third-order valence-electron chi connectivity index (χ3n) is 5.03. The summed E-state index contributed by atoms with van der Waals surface area (Å²) in [4.78, 5) is 9.56. The summed E-state index contributed by atoms with van der Waals surface area (Å²) in [6, 6.07) is 21.4. The molecule has 140 valence electrons. The topological polar surface area (TPSA) is 43.2 Å².